The molecule has 2 heterocycles. The Bertz CT molecular complexity index is 356. The smallest absolute Gasteiger partial charge is 0.223 e. The molecule has 0 aliphatic carbocycles. The Balaban J connectivity index is 1.86. The van der Waals surface area contributed by atoms with Gasteiger partial charge in [0.15, 0.2) is 0 Å². The Morgan fingerprint density at radius 2 is 2.50 bits per heavy atom. The largest absolute Gasteiger partial charge is 0.469 e. The summed E-state index contributed by atoms with van der Waals surface area (Å²) in [4.78, 5) is 14.3. The molecule has 4 nitrogen and oxygen atoms in total. The molecule has 0 spiro atoms. The van der Waals surface area contributed by atoms with E-state index >= 15 is 0 Å². The molecule has 1 aliphatic heterocycles. The maximum Gasteiger partial charge on any atom is 0.223 e. The summed E-state index contributed by atoms with van der Waals surface area (Å²) in [6, 6.07) is 4.17. The number of carbonyl (C=O) groups excluding carboxylic acids is 1. The Hall–Kier alpha value is -1.29. The van der Waals surface area contributed by atoms with Gasteiger partial charge < -0.3 is 14.6 Å². The molecule has 1 fully saturated rings. The summed E-state index contributed by atoms with van der Waals surface area (Å²) >= 11 is 0. The van der Waals surface area contributed by atoms with Crippen LogP contribution in [-0.2, 0) is 11.2 Å². The molecule has 100 valence electrons. The van der Waals surface area contributed by atoms with E-state index in [1.807, 2.05) is 17.0 Å². The van der Waals surface area contributed by atoms with Crippen molar-refractivity contribution >= 4 is 5.91 Å². The second-order valence-electron chi connectivity index (χ2n) is 4.81. The van der Waals surface area contributed by atoms with Gasteiger partial charge in [0.2, 0.25) is 5.91 Å². The zero-order valence-corrected chi connectivity index (χ0v) is 11.0. The van der Waals surface area contributed by atoms with Gasteiger partial charge in [-0.15, -0.1) is 0 Å². The molecule has 0 radical (unpaired) electrons. The van der Waals surface area contributed by atoms with Gasteiger partial charge in [0, 0.05) is 32.0 Å². The molecule has 18 heavy (non-hydrogen) atoms. The molecule has 1 N–H and O–H groups in total. The molecule has 0 aromatic carbocycles. The van der Waals surface area contributed by atoms with E-state index in [1.165, 1.54) is 0 Å². The summed E-state index contributed by atoms with van der Waals surface area (Å²) in [6.07, 6.45) is 5.00. The molecule has 1 saturated heterocycles. The first-order valence-corrected chi connectivity index (χ1v) is 6.84. The lowest BCUT2D eigenvalue weighted by molar-refractivity contribution is -0.133. The van der Waals surface area contributed by atoms with Crippen LogP contribution in [0.1, 0.15) is 31.9 Å². The molecule has 2 rings (SSSR count). The number of amides is 1. The molecule has 0 bridgehead atoms. The van der Waals surface area contributed by atoms with E-state index in [2.05, 4.69) is 12.2 Å². The summed E-state index contributed by atoms with van der Waals surface area (Å²) in [5, 5.41) is 3.32. The fourth-order valence-electron chi connectivity index (χ4n) is 2.49. The maximum absolute atomic E-state index is 12.3. The zero-order chi connectivity index (χ0) is 12.8. The highest BCUT2D eigenvalue weighted by molar-refractivity contribution is 5.76. The molecule has 4 heteroatoms. The van der Waals surface area contributed by atoms with Crippen LogP contribution in [0.5, 0.6) is 0 Å². The number of nitrogens with zero attached hydrogens (tertiary/aromatic N) is 1. The first-order chi connectivity index (χ1) is 8.81. The highest BCUT2D eigenvalue weighted by Gasteiger charge is 2.25. The summed E-state index contributed by atoms with van der Waals surface area (Å²) in [5.74, 6) is 1.14. The van der Waals surface area contributed by atoms with Crippen molar-refractivity contribution in [1.29, 1.82) is 0 Å². The molecular weight excluding hydrogens is 228 g/mol. The first kappa shape index (κ1) is 13.1. The summed E-state index contributed by atoms with van der Waals surface area (Å²) < 4.78 is 5.27. The van der Waals surface area contributed by atoms with Crippen LogP contribution in [0.4, 0.5) is 0 Å². The predicted octanol–water partition coefficient (Wildman–Crippen LogP) is 1.81. The van der Waals surface area contributed by atoms with Crippen LogP contribution in [0.25, 0.3) is 0 Å². The Morgan fingerprint density at radius 1 is 1.61 bits per heavy atom. The average Bonchev–Trinajstić information content (AvgIpc) is 3.05. The van der Waals surface area contributed by atoms with Crippen molar-refractivity contribution in [3.8, 4) is 0 Å². The van der Waals surface area contributed by atoms with Crippen molar-refractivity contribution in [2.75, 3.05) is 19.6 Å². The van der Waals surface area contributed by atoms with Gasteiger partial charge in [0.25, 0.3) is 0 Å². The normalized spacial score (nSPS) is 19.1. The lowest BCUT2D eigenvalue weighted by Gasteiger charge is -2.28. The monoisotopic (exact) mass is 250 g/mol. The minimum absolute atomic E-state index is 0.252. The van der Waals surface area contributed by atoms with Gasteiger partial charge in [0.1, 0.15) is 5.76 Å². The van der Waals surface area contributed by atoms with Crippen molar-refractivity contribution in [1.82, 2.24) is 10.2 Å². The van der Waals surface area contributed by atoms with Crippen molar-refractivity contribution in [3.63, 3.8) is 0 Å². The number of furan rings is 1. The molecule has 1 aromatic rings. The number of nitrogens with one attached hydrogen (secondary N) is 1. The number of carbonyl (C=O) groups is 1. The summed E-state index contributed by atoms with van der Waals surface area (Å²) in [6.45, 7) is 4.95. The lowest BCUT2D eigenvalue weighted by atomic mass is 10.1. The molecule has 1 amide bonds. The standard InChI is InChI=1S/C14H22N2O2/c1-2-9-16(12-7-8-15-11-12)14(17)6-5-13-4-3-10-18-13/h3-4,10,12,15H,2,5-9,11H2,1H3. The fourth-order valence-corrected chi connectivity index (χ4v) is 2.49. The number of rotatable bonds is 6. The van der Waals surface area contributed by atoms with Gasteiger partial charge in [0.05, 0.1) is 6.26 Å². The van der Waals surface area contributed by atoms with E-state index in [1.54, 1.807) is 6.26 Å². The third kappa shape index (κ3) is 3.35. The fraction of sp³-hybridized carbons (Fsp3) is 0.643. The molecule has 1 aromatic heterocycles. The number of hydrogen-bond acceptors (Lipinski definition) is 3. The number of aryl methyl sites for hydroxylation is 1. The summed E-state index contributed by atoms with van der Waals surface area (Å²) in [7, 11) is 0. The van der Waals surface area contributed by atoms with Crippen molar-refractivity contribution in [2.24, 2.45) is 0 Å². The maximum atomic E-state index is 12.3. The topological polar surface area (TPSA) is 45.5 Å². The highest BCUT2D eigenvalue weighted by atomic mass is 16.3. The third-order valence-corrected chi connectivity index (χ3v) is 3.43. The van der Waals surface area contributed by atoms with Crippen LogP contribution in [0.2, 0.25) is 0 Å². The van der Waals surface area contributed by atoms with Gasteiger partial charge in [-0.1, -0.05) is 6.92 Å². The van der Waals surface area contributed by atoms with E-state index in [0.717, 1.165) is 38.2 Å². The summed E-state index contributed by atoms with van der Waals surface area (Å²) in [5.41, 5.74) is 0. The van der Waals surface area contributed by atoms with Gasteiger partial charge in [-0.3, -0.25) is 4.79 Å². The molecule has 1 atom stereocenters. The molecule has 0 saturated carbocycles. The van der Waals surface area contributed by atoms with E-state index in [0.29, 0.717) is 18.9 Å². The van der Waals surface area contributed by atoms with Gasteiger partial charge in [-0.05, 0) is 31.5 Å². The van der Waals surface area contributed by atoms with Crippen LogP contribution < -0.4 is 5.32 Å². The number of hydrogen-bond donors (Lipinski definition) is 1. The van der Waals surface area contributed by atoms with E-state index < -0.39 is 0 Å². The van der Waals surface area contributed by atoms with Crippen LogP contribution in [-0.4, -0.2) is 36.5 Å². The van der Waals surface area contributed by atoms with Crippen LogP contribution in [0.15, 0.2) is 22.8 Å². The first-order valence-electron chi connectivity index (χ1n) is 6.84. The highest BCUT2D eigenvalue weighted by Crippen LogP contribution is 2.13. The SMILES string of the molecule is CCCN(C(=O)CCc1ccco1)C1CCNC1. The van der Waals surface area contributed by atoms with Gasteiger partial charge in [-0.2, -0.15) is 0 Å². The average molecular weight is 250 g/mol. The Morgan fingerprint density at radius 3 is 3.11 bits per heavy atom. The third-order valence-electron chi connectivity index (χ3n) is 3.43. The predicted molar refractivity (Wildman–Crippen MR) is 70.3 cm³/mol. The van der Waals surface area contributed by atoms with Gasteiger partial charge >= 0.3 is 0 Å². The minimum Gasteiger partial charge on any atom is -0.469 e. The molecule has 1 aliphatic rings. The van der Waals surface area contributed by atoms with Crippen LogP contribution >= 0.6 is 0 Å². The molecular formula is C14H22N2O2. The van der Waals surface area contributed by atoms with E-state index in [4.69, 9.17) is 4.42 Å². The Labute approximate surface area is 108 Å². The second kappa shape index (κ2) is 6.59. The van der Waals surface area contributed by atoms with E-state index in [-0.39, 0.29) is 5.91 Å². The van der Waals surface area contributed by atoms with Crippen molar-refractivity contribution in [3.05, 3.63) is 24.2 Å². The zero-order valence-electron chi connectivity index (χ0n) is 11.0. The van der Waals surface area contributed by atoms with Crippen LogP contribution in [0, 0.1) is 0 Å². The lowest BCUT2D eigenvalue weighted by Crippen LogP contribution is -2.42. The van der Waals surface area contributed by atoms with Crippen molar-refractivity contribution < 1.29 is 9.21 Å². The van der Waals surface area contributed by atoms with Crippen LogP contribution in [0.3, 0.4) is 0 Å². The molecule has 1 unspecified atom stereocenters. The van der Waals surface area contributed by atoms with Crippen molar-refractivity contribution in [2.45, 2.75) is 38.6 Å². The van der Waals surface area contributed by atoms with E-state index in [9.17, 15) is 4.79 Å². The minimum atomic E-state index is 0.252. The quantitative estimate of drug-likeness (QED) is 0.837. The Kier molecular flexibility index (Phi) is 4.81. The second-order valence-corrected chi connectivity index (χ2v) is 4.81. The van der Waals surface area contributed by atoms with Gasteiger partial charge in [-0.25, -0.2) is 0 Å².